The van der Waals surface area contributed by atoms with Crippen molar-refractivity contribution in [2.45, 2.75) is 19.0 Å². The number of hydrogen-bond donors (Lipinski definition) is 1. The second kappa shape index (κ2) is 7.09. The first kappa shape index (κ1) is 17.2. The second-order valence-electron chi connectivity index (χ2n) is 6.03. The van der Waals surface area contributed by atoms with Gasteiger partial charge >= 0.3 is 0 Å². The number of nitrogens with zero attached hydrogens (tertiary/aromatic N) is 1. The van der Waals surface area contributed by atoms with Crippen molar-refractivity contribution in [1.29, 1.82) is 0 Å². The van der Waals surface area contributed by atoms with E-state index in [0.717, 1.165) is 17.5 Å². The maximum atomic E-state index is 13.3. The smallest absolute Gasteiger partial charge is 0.251 e. The molecule has 2 aromatic rings. The van der Waals surface area contributed by atoms with Crippen LogP contribution in [0.3, 0.4) is 0 Å². The van der Waals surface area contributed by atoms with Gasteiger partial charge in [-0.3, -0.25) is 9.69 Å². The van der Waals surface area contributed by atoms with Crippen molar-refractivity contribution in [3.8, 4) is 0 Å². The molecule has 1 aliphatic rings. The SMILES string of the molecule is CN1Cc2cc(F)ccc2CC1CNC(=O)c1ccc(Cl)c(Cl)c1. The molecule has 1 amide bonds. The lowest BCUT2D eigenvalue weighted by molar-refractivity contribution is 0.0934. The summed E-state index contributed by atoms with van der Waals surface area (Å²) in [4.78, 5) is 14.4. The molecule has 2 aromatic carbocycles. The Hall–Kier alpha value is -1.62. The number of benzene rings is 2. The maximum Gasteiger partial charge on any atom is 0.251 e. The van der Waals surface area contributed by atoms with Gasteiger partial charge in [-0.25, -0.2) is 4.39 Å². The average Bonchev–Trinajstić information content (AvgIpc) is 2.55. The van der Waals surface area contributed by atoms with Crippen LogP contribution in [0.4, 0.5) is 4.39 Å². The summed E-state index contributed by atoms with van der Waals surface area (Å²) in [5, 5.41) is 3.71. The van der Waals surface area contributed by atoms with Gasteiger partial charge in [0.2, 0.25) is 0 Å². The molecule has 1 atom stereocenters. The van der Waals surface area contributed by atoms with Gasteiger partial charge in [0.05, 0.1) is 10.0 Å². The summed E-state index contributed by atoms with van der Waals surface area (Å²) in [6.07, 6.45) is 0.772. The van der Waals surface area contributed by atoms with Crippen LogP contribution in [0.2, 0.25) is 10.0 Å². The van der Waals surface area contributed by atoms with Gasteiger partial charge in [0, 0.05) is 24.7 Å². The van der Waals surface area contributed by atoms with E-state index in [0.29, 0.717) is 28.7 Å². The molecule has 0 bridgehead atoms. The Bertz CT molecular complexity index is 782. The highest BCUT2D eigenvalue weighted by molar-refractivity contribution is 6.42. The molecule has 0 aromatic heterocycles. The molecule has 0 saturated carbocycles. The molecule has 0 spiro atoms. The minimum atomic E-state index is -0.214. The van der Waals surface area contributed by atoms with Gasteiger partial charge in [-0.05, 0) is 54.9 Å². The Kier molecular flexibility index (Phi) is 5.09. The first-order chi connectivity index (χ1) is 11.4. The first-order valence-electron chi connectivity index (χ1n) is 7.65. The molecule has 1 aliphatic heterocycles. The maximum absolute atomic E-state index is 13.3. The predicted octanol–water partition coefficient (Wildman–Crippen LogP) is 3.92. The van der Waals surface area contributed by atoms with Gasteiger partial charge in [-0.15, -0.1) is 0 Å². The number of hydrogen-bond acceptors (Lipinski definition) is 2. The van der Waals surface area contributed by atoms with E-state index in [4.69, 9.17) is 23.2 Å². The summed E-state index contributed by atoms with van der Waals surface area (Å²) in [5.74, 6) is -0.402. The summed E-state index contributed by atoms with van der Waals surface area (Å²) in [6, 6.07) is 9.86. The van der Waals surface area contributed by atoms with Gasteiger partial charge in [0.1, 0.15) is 5.82 Å². The third-order valence-electron chi connectivity index (χ3n) is 4.35. The molecule has 3 rings (SSSR count). The lowest BCUT2D eigenvalue weighted by Gasteiger charge is -2.34. The zero-order valence-corrected chi connectivity index (χ0v) is 14.7. The molecule has 0 fully saturated rings. The summed E-state index contributed by atoms with van der Waals surface area (Å²) < 4.78 is 13.3. The third-order valence-corrected chi connectivity index (χ3v) is 5.09. The zero-order valence-electron chi connectivity index (χ0n) is 13.2. The molecule has 1 heterocycles. The molecular formula is C18H17Cl2FN2O. The number of nitrogens with one attached hydrogen (secondary N) is 1. The highest BCUT2D eigenvalue weighted by Crippen LogP contribution is 2.24. The lowest BCUT2D eigenvalue weighted by Crippen LogP contribution is -2.45. The molecule has 3 nitrogen and oxygen atoms in total. The summed E-state index contributed by atoms with van der Waals surface area (Å²) in [7, 11) is 1.98. The van der Waals surface area contributed by atoms with Crippen LogP contribution < -0.4 is 5.32 Å². The zero-order chi connectivity index (χ0) is 17.3. The number of rotatable bonds is 3. The Morgan fingerprint density at radius 2 is 2.00 bits per heavy atom. The van der Waals surface area contributed by atoms with Crippen molar-refractivity contribution in [3.63, 3.8) is 0 Å². The van der Waals surface area contributed by atoms with Gasteiger partial charge in [0.25, 0.3) is 5.91 Å². The average molecular weight is 367 g/mol. The van der Waals surface area contributed by atoms with E-state index < -0.39 is 0 Å². The highest BCUT2D eigenvalue weighted by Gasteiger charge is 2.24. The van der Waals surface area contributed by atoms with E-state index in [-0.39, 0.29) is 17.8 Å². The van der Waals surface area contributed by atoms with Gasteiger partial charge in [-0.1, -0.05) is 29.3 Å². The minimum Gasteiger partial charge on any atom is -0.350 e. The van der Waals surface area contributed by atoms with Crippen LogP contribution in [0.15, 0.2) is 36.4 Å². The van der Waals surface area contributed by atoms with Crippen molar-refractivity contribution in [3.05, 3.63) is 69.0 Å². The Labute approximate surface area is 150 Å². The molecule has 126 valence electrons. The lowest BCUT2D eigenvalue weighted by atomic mass is 9.94. The van der Waals surface area contributed by atoms with Crippen LogP contribution in [-0.4, -0.2) is 30.4 Å². The summed E-state index contributed by atoms with van der Waals surface area (Å²) in [5.41, 5.74) is 2.61. The van der Waals surface area contributed by atoms with Gasteiger partial charge < -0.3 is 5.32 Å². The largest absolute Gasteiger partial charge is 0.350 e. The van der Waals surface area contributed by atoms with Crippen molar-refractivity contribution in [2.24, 2.45) is 0 Å². The first-order valence-corrected chi connectivity index (χ1v) is 8.40. The molecule has 6 heteroatoms. The fourth-order valence-corrected chi connectivity index (χ4v) is 3.22. The van der Waals surface area contributed by atoms with Crippen molar-refractivity contribution < 1.29 is 9.18 Å². The van der Waals surface area contributed by atoms with E-state index in [1.165, 1.54) is 6.07 Å². The predicted molar refractivity (Wildman–Crippen MR) is 94.2 cm³/mol. The van der Waals surface area contributed by atoms with E-state index in [9.17, 15) is 9.18 Å². The van der Waals surface area contributed by atoms with E-state index in [1.54, 1.807) is 24.3 Å². The molecule has 0 radical (unpaired) electrons. The van der Waals surface area contributed by atoms with Crippen LogP contribution in [0, 0.1) is 5.82 Å². The Morgan fingerprint density at radius 3 is 2.75 bits per heavy atom. The second-order valence-corrected chi connectivity index (χ2v) is 6.84. The van der Waals surface area contributed by atoms with Crippen molar-refractivity contribution >= 4 is 29.1 Å². The number of halogens is 3. The molecule has 24 heavy (non-hydrogen) atoms. The van der Waals surface area contributed by atoms with Gasteiger partial charge in [0.15, 0.2) is 0 Å². The number of carbonyl (C=O) groups excluding carboxylic acids is 1. The van der Waals surface area contributed by atoms with Crippen molar-refractivity contribution in [2.75, 3.05) is 13.6 Å². The molecule has 0 aliphatic carbocycles. The highest BCUT2D eigenvalue weighted by atomic mass is 35.5. The Balaban J connectivity index is 1.65. The molecule has 1 unspecified atom stereocenters. The van der Waals surface area contributed by atoms with Gasteiger partial charge in [-0.2, -0.15) is 0 Å². The van der Waals surface area contributed by atoms with Crippen LogP contribution in [0.25, 0.3) is 0 Å². The van der Waals surface area contributed by atoms with Crippen LogP contribution in [0.5, 0.6) is 0 Å². The monoisotopic (exact) mass is 366 g/mol. The van der Waals surface area contributed by atoms with E-state index in [2.05, 4.69) is 10.2 Å². The van der Waals surface area contributed by atoms with Crippen LogP contribution in [0.1, 0.15) is 21.5 Å². The number of amides is 1. The third kappa shape index (κ3) is 3.72. The van der Waals surface area contributed by atoms with Crippen LogP contribution >= 0.6 is 23.2 Å². The molecule has 1 N–H and O–H groups in total. The standard InChI is InChI=1S/C18H17Cl2FN2O/c1-23-10-13-6-14(21)4-2-11(13)7-15(23)9-22-18(24)12-3-5-16(19)17(20)8-12/h2-6,8,15H,7,9-10H2,1H3,(H,22,24). The fourth-order valence-electron chi connectivity index (χ4n) is 2.93. The number of likely N-dealkylation sites (N-methyl/N-ethyl adjacent to an activating group) is 1. The number of carbonyl (C=O) groups is 1. The normalized spacial score (nSPS) is 17.4. The topological polar surface area (TPSA) is 32.3 Å². The fraction of sp³-hybridized carbons (Fsp3) is 0.278. The number of fused-ring (bicyclic) bond motifs is 1. The van der Waals surface area contributed by atoms with Crippen LogP contribution in [-0.2, 0) is 13.0 Å². The van der Waals surface area contributed by atoms with E-state index >= 15 is 0 Å². The molecule has 0 saturated heterocycles. The minimum absolute atomic E-state index is 0.162. The van der Waals surface area contributed by atoms with E-state index in [1.807, 2.05) is 13.1 Å². The molecular weight excluding hydrogens is 350 g/mol. The van der Waals surface area contributed by atoms with Crippen molar-refractivity contribution in [1.82, 2.24) is 10.2 Å². The summed E-state index contributed by atoms with van der Waals surface area (Å²) >= 11 is 11.8. The quantitative estimate of drug-likeness (QED) is 0.892. The Morgan fingerprint density at radius 1 is 1.21 bits per heavy atom. The summed E-state index contributed by atoms with van der Waals surface area (Å²) in [6.45, 7) is 1.17.